The number of nitrogens with zero attached hydrogens (tertiary/aromatic N) is 5. The number of aryl methyl sites for hydroxylation is 1. The molecule has 24 heavy (non-hydrogen) atoms. The Labute approximate surface area is 152 Å². The van der Waals surface area contributed by atoms with Gasteiger partial charge in [0.2, 0.25) is 0 Å². The normalized spacial score (nSPS) is 11.4. The number of thiazole rings is 1. The van der Waals surface area contributed by atoms with Gasteiger partial charge in [0.15, 0.2) is 11.0 Å². The first-order chi connectivity index (χ1) is 11.5. The van der Waals surface area contributed by atoms with Crippen molar-refractivity contribution >= 4 is 48.5 Å². The lowest BCUT2D eigenvalue weighted by Crippen LogP contribution is -2.38. The minimum absolute atomic E-state index is 0.137. The van der Waals surface area contributed by atoms with Crippen molar-refractivity contribution in [3.63, 3.8) is 0 Å². The molecule has 1 aromatic carbocycles. The molecule has 3 aromatic rings. The van der Waals surface area contributed by atoms with Gasteiger partial charge in [0, 0.05) is 37.0 Å². The van der Waals surface area contributed by atoms with E-state index < -0.39 is 0 Å². The van der Waals surface area contributed by atoms with E-state index in [0.717, 1.165) is 21.2 Å². The quantitative estimate of drug-likeness (QED) is 0.652. The summed E-state index contributed by atoms with van der Waals surface area (Å²) in [5, 5.41) is 0.693. The summed E-state index contributed by atoms with van der Waals surface area (Å²) < 4.78 is 3.77. The third-order valence-corrected chi connectivity index (χ3v) is 5.13. The Balaban J connectivity index is 1.99. The molecule has 0 spiro atoms. The van der Waals surface area contributed by atoms with E-state index in [4.69, 9.17) is 0 Å². The Bertz CT molecular complexity index is 872. The second-order valence-electron chi connectivity index (χ2n) is 5.73. The summed E-state index contributed by atoms with van der Waals surface area (Å²) in [4.78, 5) is 25.5. The number of anilines is 1. The number of amides is 1. The van der Waals surface area contributed by atoms with Gasteiger partial charge in [-0.05, 0) is 32.3 Å². The fraction of sp³-hybridized carbons (Fsp3) is 0.312. The maximum atomic E-state index is 13.0. The SMILES string of the molecule is CN(C)CCN(C(=O)c1nccn1C)c1nc2ccc(Br)cc2s1. The van der Waals surface area contributed by atoms with Crippen molar-refractivity contribution in [1.29, 1.82) is 0 Å². The monoisotopic (exact) mass is 407 g/mol. The van der Waals surface area contributed by atoms with Crippen molar-refractivity contribution in [3.8, 4) is 0 Å². The lowest BCUT2D eigenvalue weighted by molar-refractivity contribution is 0.0972. The van der Waals surface area contributed by atoms with Gasteiger partial charge in [-0.3, -0.25) is 9.69 Å². The number of aromatic nitrogens is 3. The first-order valence-corrected chi connectivity index (χ1v) is 9.06. The predicted molar refractivity (Wildman–Crippen MR) is 101 cm³/mol. The van der Waals surface area contributed by atoms with Crippen LogP contribution in [0.4, 0.5) is 5.13 Å². The number of halogens is 1. The zero-order valence-corrected chi connectivity index (χ0v) is 16.1. The van der Waals surface area contributed by atoms with Crippen LogP contribution in [-0.4, -0.2) is 52.5 Å². The van der Waals surface area contributed by atoms with Gasteiger partial charge in [-0.25, -0.2) is 9.97 Å². The third kappa shape index (κ3) is 3.50. The molecule has 0 radical (unpaired) electrons. The molecule has 0 aliphatic heterocycles. The highest BCUT2D eigenvalue weighted by atomic mass is 79.9. The molecular weight excluding hydrogens is 390 g/mol. The fourth-order valence-electron chi connectivity index (χ4n) is 2.28. The van der Waals surface area contributed by atoms with E-state index in [9.17, 15) is 4.79 Å². The van der Waals surface area contributed by atoms with Crippen molar-refractivity contribution in [2.45, 2.75) is 0 Å². The van der Waals surface area contributed by atoms with Crippen molar-refractivity contribution < 1.29 is 4.79 Å². The summed E-state index contributed by atoms with van der Waals surface area (Å²) in [5.74, 6) is 0.275. The standard InChI is InChI=1S/C16H18BrN5OS/c1-20(2)8-9-22(15(23)14-18-6-7-21(14)3)16-19-12-5-4-11(17)10-13(12)24-16/h4-7,10H,8-9H2,1-3H3. The number of benzene rings is 1. The van der Waals surface area contributed by atoms with E-state index in [1.165, 1.54) is 11.3 Å². The van der Waals surface area contributed by atoms with Crippen LogP contribution in [0.25, 0.3) is 10.2 Å². The molecule has 126 valence electrons. The lowest BCUT2D eigenvalue weighted by Gasteiger charge is -2.21. The van der Waals surface area contributed by atoms with Crippen LogP contribution in [-0.2, 0) is 7.05 Å². The van der Waals surface area contributed by atoms with Gasteiger partial charge in [0.25, 0.3) is 5.91 Å². The molecule has 0 bridgehead atoms. The summed E-state index contributed by atoms with van der Waals surface area (Å²) in [6.07, 6.45) is 3.40. The first-order valence-electron chi connectivity index (χ1n) is 7.45. The number of imidazole rings is 1. The summed E-state index contributed by atoms with van der Waals surface area (Å²) in [6, 6.07) is 5.93. The minimum atomic E-state index is -0.137. The van der Waals surface area contributed by atoms with Crippen LogP contribution in [0.5, 0.6) is 0 Å². The molecule has 0 atom stereocenters. The second kappa shape index (κ2) is 7.00. The minimum Gasteiger partial charge on any atom is -0.330 e. The molecule has 0 saturated carbocycles. The number of hydrogen-bond donors (Lipinski definition) is 0. The average Bonchev–Trinajstić information content (AvgIpc) is 3.12. The molecular formula is C16H18BrN5OS. The molecule has 3 rings (SSSR count). The van der Waals surface area contributed by atoms with Crippen LogP contribution < -0.4 is 4.90 Å². The van der Waals surface area contributed by atoms with Gasteiger partial charge >= 0.3 is 0 Å². The largest absolute Gasteiger partial charge is 0.330 e. The van der Waals surface area contributed by atoms with Crippen LogP contribution in [0.1, 0.15) is 10.6 Å². The fourth-order valence-corrected chi connectivity index (χ4v) is 3.82. The molecule has 0 N–H and O–H groups in total. The van der Waals surface area contributed by atoms with Crippen molar-refractivity contribution in [2.75, 3.05) is 32.1 Å². The zero-order valence-electron chi connectivity index (χ0n) is 13.7. The van der Waals surface area contributed by atoms with Gasteiger partial charge < -0.3 is 9.47 Å². The molecule has 0 aliphatic rings. The van der Waals surface area contributed by atoms with Crippen molar-refractivity contribution in [1.82, 2.24) is 19.4 Å². The van der Waals surface area contributed by atoms with Crippen molar-refractivity contribution in [2.24, 2.45) is 7.05 Å². The maximum absolute atomic E-state index is 13.0. The number of fused-ring (bicyclic) bond motifs is 1. The third-order valence-electron chi connectivity index (χ3n) is 3.60. The number of hydrogen-bond acceptors (Lipinski definition) is 5. The second-order valence-corrected chi connectivity index (χ2v) is 7.66. The maximum Gasteiger partial charge on any atom is 0.296 e. The van der Waals surface area contributed by atoms with Crippen LogP contribution in [0.2, 0.25) is 0 Å². The summed E-state index contributed by atoms with van der Waals surface area (Å²) >= 11 is 4.99. The van der Waals surface area contributed by atoms with Gasteiger partial charge in [-0.2, -0.15) is 0 Å². The van der Waals surface area contributed by atoms with Gasteiger partial charge in [0.05, 0.1) is 10.2 Å². The van der Waals surface area contributed by atoms with E-state index in [0.29, 0.717) is 17.5 Å². The topological polar surface area (TPSA) is 54.3 Å². The predicted octanol–water partition coefficient (Wildman–Crippen LogP) is 3.00. The van der Waals surface area contributed by atoms with Crippen LogP contribution in [0, 0.1) is 0 Å². The lowest BCUT2D eigenvalue weighted by atomic mass is 10.3. The first kappa shape index (κ1) is 17.1. The number of carbonyl (C=O) groups is 1. The highest BCUT2D eigenvalue weighted by Crippen LogP contribution is 2.31. The Morgan fingerprint density at radius 1 is 1.33 bits per heavy atom. The Morgan fingerprint density at radius 3 is 2.79 bits per heavy atom. The number of carbonyl (C=O) groups excluding carboxylic acids is 1. The van der Waals surface area contributed by atoms with E-state index >= 15 is 0 Å². The van der Waals surface area contributed by atoms with E-state index in [-0.39, 0.29) is 5.91 Å². The van der Waals surface area contributed by atoms with Gasteiger partial charge in [-0.1, -0.05) is 27.3 Å². The molecule has 0 unspecified atom stereocenters. The van der Waals surface area contributed by atoms with Crippen LogP contribution in [0.15, 0.2) is 35.1 Å². The number of likely N-dealkylation sites (N-methyl/N-ethyl adjacent to an activating group) is 1. The average molecular weight is 408 g/mol. The number of rotatable bonds is 5. The highest BCUT2D eigenvalue weighted by molar-refractivity contribution is 9.10. The molecule has 6 nitrogen and oxygen atoms in total. The molecule has 2 aromatic heterocycles. The molecule has 1 amide bonds. The summed E-state index contributed by atoms with van der Waals surface area (Å²) in [6.45, 7) is 1.30. The Kier molecular flexibility index (Phi) is 4.98. The van der Waals surface area contributed by atoms with E-state index in [2.05, 4.69) is 25.9 Å². The van der Waals surface area contributed by atoms with E-state index in [1.807, 2.05) is 44.2 Å². The summed E-state index contributed by atoms with van der Waals surface area (Å²) in [5.41, 5.74) is 0.890. The van der Waals surface area contributed by atoms with Crippen LogP contribution in [0.3, 0.4) is 0 Å². The molecule has 0 saturated heterocycles. The van der Waals surface area contributed by atoms with Gasteiger partial charge in [-0.15, -0.1) is 0 Å². The Hall–Kier alpha value is -1.77. The van der Waals surface area contributed by atoms with Crippen molar-refractivity contribution in [3.05, 3.63) is 40.9 Å². The molecule has 2 heterocycles. The zero-order chi connectivity index (χ0) is 17.3. The van der Waals surface area contributed by atoms with Gasteiger partial charge in [0.1, 0.15) is 0 Å². The molecule has 0 fully saturated rings. The molecule has 0 aliphatic carbocycles. The highest BCUT2D eigenvalue weighted by Gasteiger charge is 2.24. The van der Waals surface area contributed by atoms with E-state index in [1.54, 1.807) is 21.9 Å². The summed E-state index contributed by atoms with van der Waals surface area (Å²) in [7, 11) is 5.79. The Morgan fingerprint density at radius 2 is 2.12 bits per heavy atom. The van der Waals surface area contributed by atoms with Crippen LogP contribution >= 0.6 is 27.3 Å². The smallest absolute Gasteiger partial charge is 0.296 e. The molecule has 8 heteroatoms.